The number of nitrogens with zero attached hydrogens (tertiary/aromatic N) is 3. The lowest BCUT2D eigenvalue weighted by atomic mass is 10.0. The van der Waals surface area contributed by atoms with Gasteiger partial charge in [0.25, 0.3) is 0 Å². The molecule has 1 aliphatic heterocycles. The highest BCUT2D eigenvalue weighted by Crippen LogP contribution is 2.39. The molecule has 6 heteroatoms. The number of hydrogen-bond donors (Lipinski definition) is 1. The van der Waals surface area contributed by atoms with Crippen molar-refractivity contribution in [2.75, 3.05) is 12.3 Å². The standard InChI is InChI=1S/C17H16ClN3OS/c1-2-11-21-16(20-15-5-3-4-10-19-15)23-12-17(21,22)13-6-8-14(18)9-7-13/h2-10,22H,1,11-12H2. The fraction of sp³-hybridized carbons (Fsp3) is 0.176. The third-order valence-electron chi connectivity index (χ3n) is 3.56. The summed E-state index contributed by atoms with van der Waals surface area (Å²) in [7, 11) is 0. The van der Waals surface area contributed by atoms with Gasteiger partial charge in [0.15, 0.2) is 16.7 Å². The highest BCUT2D eigenvalue weighted by Gasteiger charge is 2.44. The van der Waals surface area contributed by atoms with Crippen LogP contribution >= 0.6 is 23.4 Å². The Balaban J connectivity index is 1.97. The van der Waals surface area contributed by atoms with Crippen LogP contribution in [0.15, 0.2) is 66.3 Å². The van der Waals surface area contributed by atoms with Gasteiger partial charge in [0.2, 0.25) is 0 Å². The van der Waals surface area contributed by atoms with E-state index in [-0.39, 0.29) is 0 Å². The average Bonchev–Trinajstić information content (AvgIpc) is 2.87. The number of aromatic nitrogens is 1. The Morgan fingerprint density at radius 1 is 1.35 bits per heavy atom. The minimum absolute atomic E-state index is 0.480. The van der Waals surface area contributed by atoms with Gasteiger partial charge in [0.05, 0.1) is 5.75 Å². The number of benzene rings is 1. The molecule has 0 radical (unpaired) electrons. The van der Waals surface area contributed by atoms with Gasteiger partial charge in [0.1, 0.15) is 0 Å². The minimum Gasteiger partial charge on any atom is -0.366 e. The van der Waals surface area contributed by atoms with E-state index in [2.05, 4.69) is 16.6 Å². The summed E-state index contributed by atoms with van der Waals surface area (Å²) in [5, 5.41) is 12.6. The molecule has 1 aromatic heterocycles. The molecule has 2 aromatic rings. The quantitative estimate of drug-likeness (QED) is 0.856. The first-order chi connectivity index (χ1) is 11.1. The predicted molar refractivity (Wildman–Crippen MR) is 96.0 cm³/mol. The van der Waals surface area contributed by atoms with E-state index in [9.17, 15) is 5.11 Å². The molecule has 2 heterocycles. The summed E-state index contributed by atoms with van der Waals surface area (Å²) in [4.78, 5) is 10.6. The fourth-order valence-electron chi connectivity index (χ4n) is 2.40. The monoisotopic (exact) mass is 345 g/mol. The molecule has 1 aromatic carbocycles. The van der Waals surface area contributed by atoms with Crippen LogP contribution in [-0.2, 0) is 5.72 Å². The van der Waals surface area contributed by atoms with E-state index in [0.29, 0.717) is 23.1 Å². The van der Waals surface area contributed by atoms with E-state index >= 15 is 0 Å². The molecule has 3 rings (SSSR count). The Kier molecular flexibility index (Phi) is 4.71. The third kappa shape index (κ3) is 3.27. The Hall–Kier alpha value is -1.82. The van der Waals surface area contributed by atoms with Gasteiger partial charge in [-0.15, -0.1) is 6.58 Å². The van der Waals surface area contributed by atoms with Crippen molar-refractivity contribution in [1.29, 1.82) is 0 Å². The average molecular weight is 346 g/mol. The molecule has 1 unspecified atom stereocenters. The zero-order valence-electron chi connectivity index (χ0n) is 12.4. The molecule has 1 N–H and O–H groups in total. The Morgan fingerprint density at radius 2 is 2.13 bits per heavy atom. The molecule has 118 valence electrons. The fourth-order valence-corrected chi connectivity index (χ4v) is 3.72. The molecule has 0 aliphatic carbocycles. The first-order valence-electron chi connectivity index (χ1n) is 7.13. The molecular weight excluding hydrogens is 330 g/mol. The summed E-state index contributed by atoms with van der Waals surface area (Å²) in [6, 6.07) is 12.8. The van der Waals surface area contributed by atoms with E-state index in [1.807, 2.05) is 35.2 Å². The van der Waals surface area contributed by atoms with Crippen LogP contribution in [0.5, 0.6) is 0 Å². The first-order valence-corrected chi connectivity index (χ1v) is 8.49. The summed E-state index contributed by atoms with van der Waals surface area (Å²) >= 11 is 7.45. The predicted octanol–water partition coefficient (Wildman–Crippen LogP) is 3.80. The molecular formula is C17H16ClN3OS. The number of amidine groups is 1. The van der Waals surface area contributed by atoms with E-state index in [0.717, 1.165) is 10.7 Å². The van der Waals surface area contributed by atoms with Crippen LogP contribution in [0.1, 0.15) is 5.56 Å². The molecule has 0 bridgehead atoms. The van der Waals surface area contributed by atoms with Crippen molar-refractivity contribution in [3.05, 3.63) is 71.9 Å². The second kappa shape index (κ2) is 6.74. The second-order valence-corrected chi connectivity index (χ2v) is 6.47. The highest BCUT2D eigenvalue weighted by molar-refractivity contribution is 8.14. The summed E-state index contributed by atoms with van der Waals surface area (Å²) < 4.78 is 0. The maximum absolute atomic E-state index is 11.2. The van der Waals surface area contributed by atoms with Gasteiger partial charge < -0.3 is 10.0 Å². The van der Waals surface area contributed by atoms with Gasteiger partial charge in [-0.05, 0) is 24.3 Å². The normalized spacial score (nSPS) is 22.5. The van der Waals surface area contributed by atoms with Crippen LogP contribution in [0, 0.1) is 0 Å². The molecule has 0 spiro atoms. The van der Waals surface area contributed by atoms with Gasteiger partial charge >= 0.3 is 0 Å². The lowest BCUT2D eigenvalue weighted by Gasteiger charge is -2.33. The zero-order chi connectivity index (χ0) is 16.3. The Bertz CT molecular complexity index is 720. The van der Waals surface area contributed by atoms with Gasteiger partial charge in [0, 0.05) is 23.3 Å². The molecule has 23 heavy (non-hydrogen) atoms. The smallest absolute Gasteiger partial charge is 0.175 e. The Labute approximate surface area is 144 Å². The van der Waals surface area contributed by atoms with E-state index < -0.39 is 5.72 Å². The van der Waals surface area contributed by atoms with Crippen molar-refractivity contribution in [3.63, 3.8) is 0 Å². The minimum atomic E-state index is -1.14. The number of aliphatic imine (C=N–C) groups is 1. The maximum Gasteiger partial charge on any atom is 0.175 e. The van der Waals surface area contributed by atoms with Crippen LogP contribution in [-0.4, -0.2) is 32.5 Å². The zero-order valence-corrected chi connectivity index (χ0v) is 14.0. The number of aliphatic hydroxyl groups is 1. The lowest BCUT2D eigenvalue weighted by Crippen LogP contribution is -2.45. The molecule has 1 aliphatic rings. The van der Waals surface area contributed by atoms with Gasteiger partial charge in [-0.1, -0.05) is 47.6 Å². The molecule has 1 atom stereocenters. The van der Waals surface area contributed by atoms with E-state index in [4.69, 9.17) is 11.6 Å². The number of rotatable bonds is 4. The molecule has 0 saturated carbocycles. The maximum atomic E-state index is 11.2. The van der Waals surface area contributed by atoms with Gasteiger partial charge in [-0.3, -0.25) is 0 Å². The van der Waals surface area contributed by atoms with Crippen LogP contribution < -0.4 is 0 Å². The van der Waals surface area contributed by atoms with Crippen molar-refractivity contribution in [2.24, 2.45) is 4.99 Å². The van der Waals surface area contributed by atoms with Crippen molar-refractivity contribution in [1.82, 2.24) is 9.88 Å². The van der Waals surface area contributed by atoms with E-state index in [1.54, 1.807) is 24.4 Å². The van der Waals surface area contributed by atoms with Crippen LogP contribution in [0.25, 0.3) is 0 Å². The van der Waals surface area contributed by atoms with Gasteiger partial charge in [-0.2, -0.15) is 0 Å². The van der Waals surface area contributed by atoms with Crippen LogP contribution in [0.3, 0.4) is 0 Å². The molecule has 1 saturated heterocycles. The van der Waals surface area contributed by atoms with Crippen LogP contribution in [0.2, 0.25) is 5.02 Å². The largest absolute Gasteiger partial charge is 0.366 e. The molecule has 1 fully saturated rings. The number of hydrogen-bond acceptors (Lipinski definition) is 4. The Morgan fingerprint density at radius 3 is 2.78 bits per heavy atom. The molecule has 4 nitrogen and oxygen atoms in total. The van der Waals surface area contributed by atoms with Crippen molar-refractivity contribution >= 4 is 34.3 Å². The highest BCUT2D eigenvalue weighted by atomic mass is 35.5. The van der Waals surface area contributed by atoms with E-state index in [1.165, 1.54) is 11.8 Å². The SMILES string of the molecule is C=CCN1C(=Nc2ccccn2)SCC1(O)c1ccc(Cl)cc1. The number of halogens is 1. The number of thioether (sulfide) groups is 1. The van der Waals surface area contributed by atoms with Crippen LogP contribution in [0.4, 0.5) is 5.82 Å². The topological polar surface area (TPSA) is 48.7 Å². The summed E-state index contributed by atoms with van der Waals surface area (Å²) in [5.41, 5.74) is -0.362. The summed E-state index contributed by atoms with van der Waals surface area (Å²) in [6.45, 7) is 4.27. The summed E-state index contributed by atoms with van der Waals surface area (Å²) in [5.74, 6) is 1.10. The van der Waals surface area contributed by atoms with Gasteiger partial charge in [-0.25, -0.2) is 9.98 Å². The first kappa shape index (κ1) is 16.1. The lowest BCUT2D eigenvalue weighted by molar-refractivity contribution is -0.0422. The second-order valence-electron chi connectivity index (χ2n) is 5.09. The number of pyridine rings is 1. The molecule has 0 amide bonds. The van der Waals surface area contributed by atoms with Crippen molar-refractivity contribution in [3.8, 4) is 0 Å². The summed E-state index contributed by atoms with van der Waals surface area (Å²) in [6.07, 6.45) is 3.45. The van der Waals surface area contributed by atoms with Crippen molar-refractivity contribution in [2.45, 2.75) is 5.72 Å². The van der Waals surface area contributed by atoms with Crippen molar-refractivity contribution < 1.29 is 5.11 Å². The third-order valence-corrected chi connectivity index (χ3v) is 4.93.